The maximum Gasteiger partial charge on any atom is 0.149 e. The highest BCUT2D eigenvalue weighted by Crippen LogP contribution is 2.25. The third kappa shape index (κ3) is 1.15. The van der Waals surface area contributed by atoms with Crippen molar-refractivity contribution in [1.82, 2.24) is 4.98 Å². The molecule has 74 valence electrons. The molecule has 0 saturated heterocycles. The van der Waals surface area contributed by atoms with E-state index in [9.17, 15) is 0 Å². The number of fused-ring (bicyclic) bond motifs is 3. The van der Waals surface area contributed by atoms with Gasteiger partial charge in [-0.25, -0.2) is 4.98 Å². The molecule has 2 heteroatoms. The number of benzene rings is 2. The summed E-state index contributed by atoms with van der Waals surface area (Å²) in [7, 11) is 0. The van der Waals surface area contributed by atoms with Crippen LogP contribution < -0.4 is 0 Å². The van der Waals surface area contributed by atoms with Crippen LogP contribution in [0.1, 0.15) is 5.69 Å². The topological polar surface area (TPSA) is 36.7 Å². The van der Waals surface area contributed by atoms with Crippen LogP contribution in [0.4, 0.5) is 0 Å². The van der Waals surface area contributed by atoms with Crippen LogP contribution in [0.5, 0.6) is 0 Å². The van der Waals surface area contributed by atoms with E-state index in [0.29, 0.717) is 5.69 Å². The Morgan fingerprint density at radius 3 is 2.19 bits per heavy atom. The quantitative estimate of drug-likeness (QED) is 0.527. The van der Waals surface area contributed by atoms with Gasteiger partial charge in [-0.15, -0.1) is 0 Å². The Morgan fingerprint density at radius 2 is 1.44 bits per heavy atom. The van der Waals surface area contributed by atoms with Gasteiger partial charge in [0.15, 0.2) is 0 Å². The maximum atomic E-state index is 9.08. The smallest absolute Gasteiger partial charge is 0.149 e. The molecule has 2 aromatic carbocycles. The lowest BCUT2D eigenvalue weighted by atomic mass is 10.0. The Labute approximate surface area is 92.8 Å². The maximum absolute atomic E-state index is 9.08. The van der Waals surface area contributed by atoms with E-state index < -0.39 is 0 Å². The molecular formula is C14H8N2. The second kappa shape index (κ2) is 3.32. The number of nitrogens with zero attached hydrogens (tertiary/aromatic N) is 2. The fourth-order valence-corrected chi connectivity index (χ4v) is 1.99. The average molecular weight is 204 g/mol. The number of para-hydroxylation sites is 1. The van der Waals surface area contributed by atoms with E-state index in [1.54, 1.807) is 0 Å². The van der Waals surface area contributed by atoms with Gasteiger partial charge < -0.3 is 0 Å². The van der Waals surface area contributed by atoms with E-state index in [1.807, 2.05) is 48.5 Å². The molecule has 16 heavy (non-hydrogen) atoms. The minimum Gasteiger partial charge on any atom is -0.236 e. The molecule has 0 saturated carbocycles. The van der Waals surface area contributed by atoms with Crippen molar-refractivity contribution in [2.45, 2.75) is 0 Å². The largest absolute Gasteiger partial charge is 0.236 e. The van der Waals surface area contributed by atoms with Gasteiger partial charge in [0.05, 0.1) is 5.52 Å². The van der Waals surface area contributed by atoms with Crippen LogP contribution in [-0.4, -0.2) is 4.98 Å². The number of hydrogen-bond acceptors (Lipinski definition) is 2. The van der Waals surface area contributed by atoms with Gasteiger partial charge in [-0.05, 0) is 11.5 Å². The van der Waals surface area contributed by atoms with Gasteiger partial charge in [-0.2, -0.15) is 5.26 Å². The zero-order chi connectivity index (χ0) is 11.0. The van der Waals surface area contributed by atoms with Gasteiger partial charge in [0.2, 0.25) is 0 Å². The highest BCUT2D eigenvalue weighted by Gasteiger charge is 2.05. The standard InChI is InChI=1S/C14H8N2/c15-9-14-12-7-2-1-5-10(12)11-6-3-4-8-13(11)16-14/h1-8H. The molecule has 2 nitrogen and oxygen atoms in total. The molecule has 0 atom stereocenters. The molecule has 0 N–H and O–H groups in total. The SMILES string of the molecule is N#Cc1nc2ccccc2c2ccccc12. The molecule has 0 amide bonds. The Balaban J connectivity index is 2.64. The summed E-state index contributed by atoms with van der Waals surface area (Å²) in [4.78, 5) is 4.36. The molecule has 3 rings (SSSR count). The molecule has 0 aliphatic rings. The van der Waals surface area contributed by atoms with Gasteiger partial charge >= 0.3 is 0 Å². The van der Waals surface area contributed by atoms with Crippen LogP contribution in [0.15, 0.2) is 48.5 Å². The third-order valence-electron chi connectivity index (χ3n) is 2.71. The zero-order valence-corrected chi connectivity index (χ0v) is 8.51. The lowest BCUT2D eigenvalue weighted by molar-refractivity contribution is 1.35. The summed E-state index contributed by atoms with van der Waals surface area (Å²) in [6.07, 6.45) is 0. The molecule has 0 aliphatic carbocycles. The summed E-state index contributed by atoms with van der Waals surface area (Å²) < 4.78 is 0. The molecule has 1 heterocycles. The number of aromatic nitrogens is 1. The van der Waals surface area contributed by atoms with Gasteiger partial charge in [0, 0.05) is 10.8 Å². The average Bonchev–Trinajstić information content (AvgIpc) is 2.38. The fraction of sp³-hybridized carbons (Fsp3) is 0. The predicted octanol–water partition coefficient (Wildman–Crippen LogP) is 3.26. The predicted molar refractivity (Wildman–Crippen MR) is 64.0 cm³/mol. The molecule has 0 fully saturated rings. The Bertz CT molecular complexity index is 723. The van der Waals surface area contributed by atoms with Gasteiger partial charge in [-0.1, -0.05) is 42.5 Å². The van der Waals surface area contributed by atoms with E-state index in [1.165, 1.54) is 0 Å². The summed E-state index contributed by atoms with van der Waals surface area (Å²) in [5, 5.41) is 12.2. The van der Waals surface area contributed by atoms with Crippen molar-refractivity contribution in [2.75, 3.05) is 0 Å². The molecule has 0 radical (unpaired) electrons. The van der Waals surface area contributed by atoms with Crippen molar-refractivity contribution < 1.29 is 0 Å². The summed E-state index contributed by atoms with van der Waals surface area (Å²) >= 11 is 0. The van der Waals surface area contributed by atoms with Crippen molar-refractivity contribution in [3.63, 3.8) is 0 Å². The first-order valence-corrected chi connectivity index (χ1v) is 5.08. The van der Waals surface area contributed by atoms with E-state index >= 15 is 0 Å². The molecular weight excluding hydrogens is 196 g/mol. The van der Waals surface area contributed by atoms with Crippen molar-refractivity contribution in [3.05, 3.63) is 54.2 Å². The summed E-state index contributed by atoms with van der Waals surface area (Å²) in [6.45, 7) is 0. The van der Waals surface area contributed by atoms with Crippen LogP contribution in [0.3, 0.4) is 0 Å². The molecule has 0 spiro atoms. The first-order valence-electron chi connectivity index (χ1n) is 5.08. The Kier molecular flexibility index (Phi) is 1.84. The second-order valence-electron chi connectivity index (χ2n) is 3.63. The van der Waals surface area contributed by atoms with Crippen LogP contribution in [0, 0.1) is 11.3 Å². The van der Waals surface area contributed by atoms with Crippen molar-refractivity contribution >= 4 is 21.7 Å². The third-order valence-corrected chi connectivity index (χ3v) is 2.71. The number of hydrogen-bond donors (Lipinski definition) is 0. The molecule has 0 aliphatic heterocycles. The number of rotatable bonds is 0. The van der Waals surface area contributed by atoms with Crippen LogP contribution in [-0.2, 0) is 0 Å². The van der Waals surface area contributed by atoms with Crippen LogP contribution in [0.25, 0.3) is 21.7 Å². The first-order chi connectivity index (χ1) is 7.90. The summed E-state index contributed by atoms with van der Waals surface area (Å²) in [5.74, 6) is 0. The Hall–Kier alpha value is -2.40. The minimum absolute atomic E-state index is 0.495. The van der Waals surface area contributed by atoms with E-state index in [-0.39, 0.29) is 0 Å². The molecule has 0 unspecified atom stereocenters. The summed E-state index contributed by atoms with van der Waals surface area (Å²) in [6, 6.07) is 17.9. The van der Waals surface area contributed by atoms with Crippen molar-refractivity contribution in [1.29, 1.82) is 5.26 Å². The molecule has 3 aromatic rings. The fourth-order valence-electron chi connectivity index (χ4n) is 1.99. The lowest BCUT2D eigenvalue weighted by Gasteiger charge is -2.04. The lowest BCUT2D eigenvalue weighted by Crippen LogP contribution is -1.88. The van der Waals surface area contributed by atoms with Gasteiger partial charge in [0.25, 0.3) is 0 Å². The first kappa shape index (κ1) is 8.87. The monoisotopic (exact) mass is 204 g/mol. The van der Waals surface area contributed by atoms with Gasteiger partial charge in [0.1, 0.15) is 11.8 Å². The highest BCUT2D eigenvalue weighted by molar-refractivity contribution is 6.07. The van der Waals surface area contributed by atoms with Crippen LogP contribution >= 0.6 is 0 Å². The number of pyridine rings is 1. The summed E-state index contributed by atoms with van der Waals surface area (Å²) in [5.41, 5.74) is 1.37. The van der Waals surface area contributed by atoms with Gasteiger partial charge in [-0.3, -0.25) is 0 Å². The Morgan fingerprint density at radius 1 is 0.812 bits per heavy atom. The number of nitriles is 1. The van der Waals surface area contributed by atoms with Crippen LogP contribution in [0.2, 0.25) is 0 Å². The van der Waals surface area contributed by atoms with Crippen molar-refractivity contribution in [2.24, 2.45) is 0 Å². The normalized spacial score (nSPS) is 10.4. The van der Waals surface area contributed by atoms with Crippen molar-refractivity contribution in [3.8, 4) is 6.07 Å². The highest BCUT2D eigenvalue weighted by atomic mass is 14.7. The second-order valence-corrected chi connectivity index (χ2v) is 3.63. The van der Waals surface area contributed by atoms with E-state index in [4.69, 9.17) is 5.26 Å². The minimum atomic E-state index is 0.495. The van der Waals surface area contributed by atoms with E-state index in [0.717, 1.165) is 21.7 Å². The molecule has 0 bridgehead atoms. The molecule has 1 aromatic heterocycles. The van der Waals surface area contributed by atoms with E-state index in [2.05, 4.69) is 11.1 Å². The zero-order valence-electron chi connectivity index (χ0n) is 8.51.